The van der Waals surface area contributed by atoms with E-state index in [4.69, 9.17) is 0 Å². The zero-order chi connectivity index (χ0) is 10.7. The van der Waals surface area contributed by atoms with Crippen LogP contribution in [0.1, 0.15) is 5.56 Å². The molecule has 0 N–H and O–H groups in total. The van der Waals surface area contributed by atoms with Crippen molar-refractivity contribution in [2.75, 3.05) is 13.2 Å². The van der Waals surface area contributed by atoms with E-state index in [9.17, 15) is 9.59 Å². The molecule has 0 spiro atoms. The van der Waals surface area contributed by atoms with E-state index in [-0.39, 0.29) is 12.5 Å². The maximum Gasteiger partial charge on any atom is 0.417 e. The molecule has 78 valence electrons. The van der Waals surface area contributed by atoms with E-state index in [0.717, 1.165) is 10.5 Å². The van der Waals surface area contributed by atoms with Gasteiger partial charge < -0.3 is 4.74 Å². The number of hydrogen-bond acceptors (Lipinski definition) is 4. The van der Waals surface area contributed by atoms with Crippen LogP contribution < -0.4 is 0 Å². The van der Waals surface area contributed by atoms with Crippen LogP contribution in [0.25, 0.3) is 0 Å². The van der Waals surface area contributed by atoms with Crippen molar-refractivity contribution in [2.24, 2.45) is 0 Å². The number of amides is 2. The molecule has 0 saturated carbocycles. The molecule has 0 radical (unpaired) electrons. The Morgan fingerprint density at radius 2 is 2.33 bits per heavy atom. The van der Waals surface area contributed by atoms with Crippen molar-refractivity contribution in [1.82, 2.24) is 9.88 Å². The molecule has 2 heterocycles. The van der Waals surface area contributed by atoms with Crippen molar-refractivity contribution in [1.29, 1.82) is 0 Å². The van der Waals surface area contributed by atoms with Crippen LogP contribution in [0, 0.1) is 0 Å². The lowest BCUT2D eigenvalue weighted by Gasteiger charge is -2.09. The molecule has 1 saturated heterocycles. The Kier molecular flexibility index (Phi) is 2.62. The van der Waals surface area contributed by atoms with Crippen LogP contribution >= 0.6 is 0 Å². The summed E-state index contributed by atoms with van der Waals surface area (Å²) < 4.78 is 4.59. The highest BCUT2D eigenvalue weighted by Crippen LogP contribution is 2.07. The van der Waals surface area contributed by atoms with Gasteiger partial charge in [0.1, 0.15) is 0 Å². The van der Waals surface area contributed by atoms with E-state index in [1.807, 2.05) is 12.1 Å². The fourth-order valence-corrected chi connectivity index (χ4v) is 1.38. The van der Waals surface area contributed by atoms with Crippen molar-refractivity contribution in [3.8, 4) is 0 Å². The number of carbonyl (C=O) groups excluding carboxylic acids is 2. The summed E-state index contributed by atoms with van der Waals surface area (Å²) >= 11 is 0. The van der Waals surface area contributed by atoms with E-state index in [1.54, 1.807) is 12.4 Å². The summed E-state index contributed by atoms with van der Waals surface area (Å²) in [4.78, 5) is 27.3. The first-order valence-electron chi connectivity index (χ1n) is 4.63. The van der Waals surface area contributed by atoms with E-state index in [1.165, 1.54) is 0 Å². The first-order valence-corrected chi connectivity index (χ1v) is 4.63. The van der Waals surface area contributed by atoms with Crippen LogP contribution in [-0.2, 0) is 16.0 Å². The maximum absolute atomic E-state index is 11.2. The third-order valence-electron chi connectivity index (χ3n) is 2.19. The molecule has 0 unspecified atom stereocenters. The van der Waals surface area contributed by atoms with Gasteiger partial charge in [0.2, 0.25) is 0 Å². The van der Waals surface area contributed by atoms with Gasteiger partial charge in [-0.2, -0.15) is 0 Å². The van der Waals surface area contributed by atoms with Crippen LogP contribution in [0.3, 0.4) is 0 Å². The predicted octanol–water partition coefficient (Wildman–Crippen LogP) is 0.603. The number of aromatic nitrogens is 1. The van der Waals surface area contributed by atoms with Gasteiger partial charge in [0, 0.05) is 18.9 Å². The number of imide groups is 1. The van der Waals surface area contributed by atoms with Crippen molar-refractivity contribution in [2.45, 2.75) is 6.42 Å². The molecule has 0 bridgehead atoms. The van der Waals surface area contributed by atoms with Crippen LogP contribution in [0.15, 0.2) is 24.5 Å². The molecule has 0 aliphatic carbocycles. The first-order chi connectivity index (χ1) is 7.27. The van der Waals surface area contributed by atoms with Gasteiger partial charge in [0.15, 0.2) is 6.61 Å². The highest BCUT2D eigenvalue weighted by molar-refractivity contribution is 5.97. The summed E-state index contributed by atoms with van der Waals surface area (Å²) in [7, 11) is 0. The van der Waals surface area contributed by atoms with E-state index >= 15 is 0 Å². The molecule has 2 rings (SSSR count). The molecular formula is C10H10N2O3. The van der Waals surface area contributed by atoms with Gasteiger partial charge in [-0.05, 0) is 18.1 Å². The Bertz CT molecular complexity index is 362. The average Bonchev–Trinajstić information content (AvgIpc) is 2.58. The average molecular weight is 206 g/mol. The minimum absolute atomic E-state index is 0.133. The number of pyridine rings is 1. The van der Waals surface area contributed by atoms with Gasteiger partial charge in [-0.25, -0.2) is 9.69 Å². The molecule has 1 aliphatic heterocycles. The van der Waals surface area contributed by atoms with E-state index in [2.05, 4.69) is 9.72 Å². The third kappa shape index (κ3) is 2.12. The fourth-order valence-electron chi connectivity index (χ4n) is 1.38. The zero-order valence-electron chi connectivity index (χ0n) is 8.05. The molecule has 1 aromatic heterocycles. The largest absolute Gasteiger partial charge is 0.439 e. The lowest BCUT2D eigenvalue weighted by molar-refractivity contribution is -0.125. The van der Waals surface area contributed by atoms with Gasteiger partial charge >= 0.3 is 6.09 Å². The third-order valence-corrected chi connectivity index (χ3v) is 2.19. The lowest BCUT2D eigenvalue weighted by atomic mass is 10.2. The zero-order valence-corrected chi connectivity index (χ0v) is 8.05. The minimum atomic E-state index is -0.552. The monoisotopic (exact) mass is 206 g/mol. The number of hydrogen-bond donors (Lipinski definition) is 0. The Balaban J connectivity index is 1.93. The molecule has 1 aromatic rings. The van der Waals surface area contributed by atoms with Gasteiger partial charge in [-0.15, -0.1) is 0 Å². The van der Waals surface area contributed by atoms with Crippen LogP contribution in [0.5, 0.6) is 0 Å². The topological polar surface area (TPSA) is 59.5 Å². The molecule has 15 heavy (non-hydrogen) atoms. The summed E-state index contributed by atoms with van der Waals surface area (Å²) in [5.41, 5.74) is 0.991. The summed E-state index contributed by atoms with van der Waals surface area (Å²) in [6, 6.07) is 3.72. The Morgan fingerprint density at radius 1 is 1.47 bits per heavy atom. The van der Waals surface area contributed by atoms with Gasteiger partial charge in [-0.3, -0.25) is 9.78 Å². The summed E-state index contributed by atoms with van der Waals surface area (Å²) in [6.45, 7) is 0.217. The molecule has 0 atom stereocenters. The summed E-state index contributed by atoms with van der Waals surface area (Å²) in [6.07, 6.45) is 3.45. The molecule has 1 aliphatic rings. The SMILES string of the molecule is O=C1COC(=O)N1CCc1cccnc1. The predicted molar refractivity (Wildman–Crippen MR) is 51.0 cm³/mol. The molecule has 2 amide bonds. The van der Waals surface area contributed by atoms with Crippen molar-refractivity contribution < 1.29 is 14.3 Å². The van der Waals surface area contributed by atoms with Gasteiger partial charge in [0.25, 0.3) is 5.91 Å². The normalized spacial score (nSPS) is 15.6. The van der Waals surface area contributed by atoms with Crippen molar-refractivity contribution >= 4 is 12.0 Å². The van der Waals surface area contributed by atoms with Crippen LogP contribution in [0.2, 0.25) is 0 Å². The molecular weight excluding hydrogens is 196 g/mol. The molecule has 1 fully saturated rings. The number of carbonyl (C=O) groups is 2. The Morgan fingerprint density at radius 3 is 2.93 bits per heavy atom. The summed E-state index contributed by atoms with van der Waals surface area (Å²) in [5, 5.41) is 0. The van der Waals surface area contributed by atoms with E-state index in [0.29, 0.717) is 13.0 Å². The smallest absolute Gasteiger partial charge is 0.417 e. The maximum atomic E-state index is 11.2. The second kappa shape index (κ2) is 4.08. The van der Waals surface area contributed by atoms with Gasteiger partial charge in [0.05, 0.1) is 0 Å². The van der Waals surface area contributed by atoms with E-state index < -0.39 is 6.09 Å². The first kappa shape index (κ1) is 9.64. The second-order valence-electron chi connectivity index (χ2n) is 3.21. The highest BCUT2D eigenvalue weighted by atomic mass is 16.6. The van der Waals surface area contributed by atoms with Crippen LogP contribution in [-0.4, -0.2) is 35.0 Å². The Hall–Kier alpha value is -1.91. The number of nitrogens with zero attached hydrogens (tertiary/aromatic N) is 2. The standard InChI is InChI=1S/C10H10N2O3/c13-9-7-15-10(14)12(9)5-3-8-2-1-4-11-6-8/h1-2,4,6H,3,5,7H2. The number of cyclic esters (lactones) is 1. The second-order valence-corrected chi connectivity index (χ2v) is 3.21. The Labute approximate surface area is 86.7 Å². The highest BCUT2D eigenvalue weighted by Gasteiger charge is 2.30. The number of rotatable bonds is 3. The lowest BCUT2D eigenvalue weighted by Crippen LogP contribution is -2.31. The van der Waals surface area contributed by atoms with Crippen LogP contribution in [0.4, 0.5) is 4.79 Å². The van der Waals surface area contributed by atoms with Crippen molar-refractivity contribution in [3.05, 3.63) is 30.1 Å². The van der Waals surface area contributed by atoms with Gasteiger partial charge in [-0.1, -0.05) is 6.07 Å². The molecule has 0 aromatic carbocycles. The molecule has 5 heteroatoms. The fraction of sp³-hybridized carbons (Fsp3) is 0.300. The van der Waals surface area contributed by atoms with Crippen molar-refractivity contribution in [3.63, 3.8) is 0 Å². The molecule has 5 nitrogen and oxygen atoms in total. The number of ether oxygens (including phenoxy) is 1. The minimum Gasteiger partial charge on any atom is -0.439 e. The quantitative estimate of drug-likeness (QED) is 0.726. The summed E-state index contributed by atoms with van der Waals surface area (Å²) in [5.74, 6) is -0.274.